The van der Waals surface area contributed by atoms with Crippen molar-refractivity contribution in [2.45, 2.75) is 20.2 Å². The number of amides is 1. The number of nitrogens with one attached hydrogen (secondary N) is 1. The standard InChI is InChI=1S/C22H19ClFN5O2/c1-15-5-2-3-8-20(15)31-14-28-10-9-19(26-28)22(30)25-21-18(23)13-29(27-21)12-16-6-4-7-17(24)11-16/h2-11,13H,12,14H2,1H3,(H,25,27,30). The number of anilines is 1. The van der Waals surface area contributed by atoms with Gasteiger partial charge in [-0.15, -0.1) is 0 Å². The highest BCUT2D eigenvalue weighted by atomic mass is 35.5. The van der Waals surface area contributed by atoms with E-state index in [0.717, 1.165) is 16.9 Å². The van der Waals surface area contributed by atoms with Crippen molar-refractivity contribution in [3.05, 3.63) is 94.7 Å². The highest BCUT2D eigenvalue weighted by molar-refractivity contribution is 6.33. The molecule has 1 amide bonds. The number of carbonyl (C=O) groups excluding carboxylic acids is 1. The van der Waals surface area contributed by atoms with Gasteiger partial charge in [0.15, 0.2) is 18.2 Å². The Morgan fingerprint density at radius 1 is 1.13 bits per heavy atom. The van der Waals surface area contributed by atoms with E-state index in [-0.39, 0.29) is 29.1 Å². The Bertz CT molecular complexity index is 1220. The lowest BCUT2D eigenvalue weighted by Crippen LogP contribution is -2.15. The van der Waals surface area contributed by atoms with Crippen LogP contribution >= 0.6 is 11.6 Å². The Morgan fingerprint density at radius 3 is 2.77 bits per heavy atom. The summed E-state index contributed by atoms with van der Waals surface area (Å²) in [5.41, 5.74) is 1.93. The SMILES string of the molecule is Cc1ccccc1OCn1ccc(C(=O)Nc2nn(Cc3cccc(F)c3)cc2Cl)n1. The molecule has 1 N–H and O–H groups in total. The van der Waals surface area contributed by atoms with Crippen molar-refractivity contribution in [2.24, 2.45) is 0 Å². The Kier molecular flexibility index (Phi) is 5.99. The van der Waals surface area contributed by atoms with Gasteiger partial charge in [0.25, 0.3) is 5.91 Å². The maximum Gasteiger partial charge on any atom is 0.277 e. The van der Waals surface area contributed by atoms with Crippen LogP contribution in [0.2, 0.25) is 5.02 Å². The van der Waals surface area contributed by atoms with Crippen LogP contribution in [0.5, 0.6) is 5.75 Å². The minimum Gasteiger partial charge on any atom is -0.471 e. The number of halogens is 2. The van der Waals surface area contributed by atoms with Gasteiger partial charge >= 0.3 is 0 Å². The number of nitrogens with zero attached hydrogens (tertiary/aromatic N) is 4. The second-order valence-electron chi connectivity index (χ2n) is 6.89. The topological polar surface area (TPSA) is 74.0 Å². The first-order valence-corrected chi connectivity index (χ1v) is 9.86. The highest BCUT2D eigenvalue weighted by Crippen LogP contribution is 2.21. The Balaban J connectivity index is 1.38. The van der Waals surface area contributed by atoms with Crippen LogP contribution in [0.15, 0.2) is 67.0 Å². The van der Waals surface area contributed by atoms with Crippen LogP contribution in [-0.4, -0.2) is 25.5 Å². The van der Waals surface area contributed by atoms with Gasteiger partial charge in [-0.05, 0) is 42.3 Å². The molecular weight excluding hydrogens is 421 g/mol. The number of aryl methyl sites for hydroxylation is 1. The van der Waals surface area contributed by atoms with Crippen LogP contribution in [0.4, 0.5) is 10.2 Å². The molecule has 0 aliphatic carbocycles. The van der Waals surface area contributed by atoms with Crippen LogP contribution in [0.3, 0.4) is 0 Å². The molecule has 0 radical (unpaired) electrons. The normalized spacial score (nSPS) is 10.8. The molecule has 158 valence electrons. The first-order chi connectivity index (χ1) is 15.0. The van der Waals surface area contributed by atoms with Gasteiger partial charge in [0.1, 0.15) is 16.6 Å². The number of benzene rings is 2. The van der Waals surface area contributed by atoms with Gasteiger partial charge in [0, 0.05) is 12.4 Å². The molecule has 0 saturated carbocycles. The van der Waals surface area contributed by atoms with E-state index in [0.29, 0.717) is 6.54 Å². The summed E-state index contributed by atoms with van der Waals surface area (Å²) in [5, 5.41) is 11.4. The van der Waals surface area contributed by atoms with E-state index in [9.17, 15) is 9.18 Å². The lowest BCUT2D eigenvalue weighted by molar-refractivity contribution is 0.101. The minimum absolute atomic E-state index is 0.168. The smallest absolute Gasteiger partial charge is 0.277 e. The lowest BCUT2D eigenvalue weighted by atomic mass is 10.2. The molecule has 9 heteroatoms. The van der Waals surface area contributed by atoms with E-state index in [1.807, 2.05) is 31.2 Å². The summed E-state index contributed by atoms with van der Waals surface area (Å²) in [4.78, 5) is 12.5. The van der Waals surface area contributed by atoms with Gasteiger partial charge in [-0.3, -0.25) is 9.48 Å². The lowest BCUT2D eigenvalue weighted by Gasteiger charge is -2.08. The van der Waals surface area contributed by atoms with Crippen molar-refractivity contribution in [3.63, 3.8) is 0 Å². The minimum atomic E-state index is -0.451. The molecule has 0 spiro atoms. The van der Waals surface area contributed by atoms with Gasteiger partial charge in [0.05, 0.1) is 6.54 Å². The molecule has 4 aromatic rings. The van der Waals surface area contributed by atoms with Gasteiger partial charge in [-0.25, -0.2) is 9.07 Å². The average molecular weight is 440 g/mol. The highest BCUT2D eigenvalue weighted by Gasteiger charge is 2.15. The monoisotopic (exact) mass is 439 g/mol. The molecule has 2 aromatic heterocycles. The summed E-state index contributed by atoms with van der Waals surface area (Å²) in [6.45, 7) is 2.44. The summed E-state index contributed by atoms with van der Waals surface area (Å²) in [5.74, 6) is 0.173. The van der Waals surface area contributed by atoms with Crippen molar-refractivity contribution in [2.75, 3.05) is 5.32 Å². The number of carbonyl (C=O) groups is 1. The maximum absolute atomic E-state index is 13.4. The van der Waals surface area contributed by atoms with E-state index in [1.165, 1.54) is 21.5 Å². The number of hydrogen-bond donors (Lipinski definition) is 1. The van der Waals surface area contributed by atoms with Crippen LogP contribution in [0, 0.1) is 12.7 Å². The number of ether oxygens (including phenoxy) is 1. The third-order valence-corrected chi connectivity index (χ3v) is 4.78. The maximum atomic E-state index is 13.4. The van der Waals surface area contributed by atoms with E-state index < -0.39 is 5.91 Å². The Morgan fingerprint density at radius 2 is 1.97 bits per heavy atom. The second kappa shape index (κ2) is 9.01. The third kappa shape index (κ3) is 5.10. The Labute approximate surface area is 183 Å². The van der Waals surface area contributed by atoms with E-state index in [2.05, 4.69) is 15.5 Å². The predicted molar refractivity (Wildman–Crippen MR) is 115 cm³/mol. The molecule has 0 aliphatic heterocycles. The number of rotatable bonds is 7. The molecule has 4 rings (SSSR count). The zero-order valence-electron chi connectivity index (χ0n) is 16.6. The molecule has 31 heavy (non-hydrogen) atoms. The fraction of sp³-hybridized carbons (Fsp3) is 0.136. The van der Waals surface area contributed by atoms with E-state index in [4.69, 9.17) is 16.3 Å². The number of aromatic nitrogens is 4. The molecule has 2 heterocycles. The van der Waals surface area contributed by atoms with Crippen molar-refractivity contribution in [1.82, 2.24) is 19.6 Å². The van der Waals surface area contributed by atoms with Crippen molar-refractivity contribution >= 4 is 23.3 Å². The van der Waals surface area contributed by atoms with Crippen molar-refractivity contribution in [1.29, 1.82) is 0 Å². The molecule has 0 atom stereocenters. The zero-order chi connectivity index (χ0) is 21.8. The van der Waals surface area contributed by atoms with Gasteiger partial charge in [-0.2, -0.15) is 10.2 Å². The molecule has 0 unspecified atom stereocenters. The van der Waals surface area contributed by atoms with Gasteiger partial charge < -0.3 is 10.1 Å². The van der Waals surface area contributed by atoms with Crippen LogP contribution in [0.25, 0.3) is 0 Å². The van der Waals surface area contributed by atoms with Gasteiger partial charge in [-0.1, -0.05) is 41.9 Å². The number of hydrogen-bond acceptors (Lipinski definition) is 4. The molecule has 0 saturated heterocycles. The van der Waals surface area contributed by atoms with Gasteiger partial charge in [0.2, 0.25) is 0 Å². The summed E-state index contributed by atoms with van der Waals surface area (Å²) < 4.78 is 22.1. The van der Waals surface area contributed by atoms with Crippen molar-refractivity contribution < 1.29 is 13.9 Å². The largest absolute Gasteiger partial charge is 0.471 e. The van der Waals surface area contributed by atoms with E-state index >= 15 is 0 Å². The quantitative estimate of drug-likeness (QED) is 0.459. The fourth-order valence-corrected chi connectivity index (χ4v) is 3.16. The summed E-state index contributed by atoms with van der Waals surface area (Å²) in [6, 6.07) is 15.4. The predicted octanol–water partition coefficient (Wildman–Crippen LogP) is 4.52. The van der Waals surface area contributed by atoms with Crippen LogP contribution in [0.1, 0.15) is 21.6 Å². The summed E-state index contributed by atoms with van der Waals surface area (Å²) in [7, 11) is 0. The molecule has 2 aromatic carbocycles. The summed E-state index contributed by atoms with van der Waals surface area (Å²) in [6.07, 6.45) is 3.22. The molecule has 7 nitrogen and oxygen atoms in total. The Hall–Kier alpha value is -3.65. The van der Waals surface area contributed by atoms with Crippen molar-refractivity contribution in [3.8, 4) is 5.75 Å². The molecular formula is C22H19ClFN5O2. The van der Waals surface area contributed by atoms with Crippen LogP contribution < -0.4 is 10.1 Å². The van der Waals surface area contributed by atoms with E-state index in [1.54, 1.807) is 30.6 Å². The molecule has 0 aliphatic rings. The third-order valence-electron chi connectivity index (χ3n) is 4.50. The first kappa shape index (κ1) is 20.6. The first-order valence-electron chi connectivity index (χ1n) is 9.48. The zero-order valence-corrected chi connectivity index (χ0v) is 17.4. The summed E-state index contributed by atoms with van der Waals surface area (Å²) >= 11 is 6.19. The fourth-order valence-electron chi connectivity index (χ4n) is 2.97. The number of para-hydroxylation sites is 1. The van der Waals surface area contributed by atoms with Crippen LogP contribution in [-0.2, 0) is 13.3 Å². The second-order valence-corrected chi connectivity index (χ2v) is 7.29. The average Bonchev–Trinajstić information content (AvgIpc) is 3.34. The molecule has 0 bridgehead atoms. The molecule has 0 fully saturated rings.